The van der Waals surface area contributed by atoms with E-state index in [4.69, 9.17) is 4.74 Å². The molecule has 150 valence electrons. The molecule has 3 rings (SSSR count). The number of hydrogen-bond acceptors (Lipinski definition) is 4. The Morgan fingerprint density at radius 3 is 2.43 bits per heavy atom. The molecule has 0 saturated carbocycles. The second-order valence-corrected chi connectivity index (χ2v) is 8.89. The summed E-state index contributed by atoms with van der Waals surface area (Å²) in [6.45, 7) is 12.5. The highest BCUT2D eigenvalue weighted by atomic mass is 16.5. The van der Waals surface area contributed by atoms with Gasteiger partial charge in [-0.15, -0.1) is 0 Å². The highest BCUT2D eigenvalue weighted by molar-refractivity contribution is 5.96. The lowest BCUT2D eigenvalue weighted by Crippen LogP contribution is -2.43. The summed E-state index contributed by atoms with van der Waals surface area (Å²) in [6.07, 6.45) is 2.62. The third-order valence-corrected chi connectivity index (χ3v) is 5.70. The number of carbonyl (C=O) groups is 2. The smallest absolute Gasteiger partial charge is 0.336 e. The summed E-state index contributed by atoms with van der Waals surface area (Å²) in [6, 6.07) is 8.31. The zero-order valence-electron chi connectivity index (χ0n) is 17.8. The van der Waals surface area contributed by atoms with Crippen LogP contribution in [0.3, 0.4) is 0 Å². The van der Waals surface area contributed by atoms with Gasteiger partial charge in [0.1, 0.15) is 5.78 Å². The molecule has 4 heteroatoms. The third kappa shape index (κ3) is 3.78. The lowest BCUT2D eigenvalue weighted by atomic mass is 9.66. The van der Waals surface area contributed by atoms with Crippen LogP contribution in [0, 0.1) is 11.3 Å². The molecule has 1 aliphatic heterocycles. The van der Waals surface area contributed by atoms with Gasteiger partial charge in [-0.3, -0.25) is 4.79 Å². The number of nitrogens with one attached hydrogen (secondary N) is 1. The highest BCUT2D eigenvalue weighted by Crippen LogP contribution is 2.47. The first-order valence-electron chi connectivity index (χ1n) is 10.1. The summed E-state index contributed by atoms with van der Waals surface area (Å²) >= 11 is 0. The molecule has 2 aliphatic rings. The number of ether oxygens (including phenoxy) is 1. The number of hydrogen-bond donors (Lipinski definition) is 1. The van der Waals surface area contributed by atoms with Gasteiger partial charge in [-0.25, -0.2) is 4.79 Å². The number of benzene rings is 1. The number of esters is 1. The van der Waals surface area contributed by atoms with Crippen molar-refractivity contribution in [1.29, 1.82) is 0 Å². The third-order valence-electron chi connectivity index (χ3n) is 5.70. The Morgan fingerprint density at radius 1 is 1.21 bits per heavy atom. The molecule has 0 aromatic heterocycles. The molecule has 0 fully saturated rings. The van der Waals surface area contributed by atoms with Gasteiger partial charge < -0.3 is 10.1 Å². The molecule has 1 aromatic carbocycles. The molecule has 1 N–H and O–H groups in total. The minimum Gasteiger partial charge on any atom is -0.463 e. The van der Waals surface area contributed by atoms with E-state index in [-0.39, 0.29) is 29.0 Å². The van der Waals surface area contributed by atoms with Gasteiger partial charge in [0.2, 0.25) is 0 Å². The molecule has 0 radical (unpaired) electrons. The van der Waals surface area contributed by atoms with Crippen LogP contribution >= 0.6 is 0 Å². The Labute approximate surface area is 168 Å². The van der Waals surface area contributed by atoms with Crippen LogP contribution in [0.1, 0.15) is 70.9 Å². The summed E-state index contributed by atoms with van der Waals surface area (Å²) < 4.78 is 5.35. The summed E-state index contributed by atoms with van der Waals surface area (Å²) in [5.74, 6) is -0.446. The van der Waals surface area contributed by atoms with Crippen molar-refractivity contribution in [3.05, 3.63) is 58.4 Å². The minimum absolute atomic E-state index is 0.169. The van der Waals surface area contributed by atoms with E-state index in [1.165, 1.54) is 5.56 Å². The number of rotatable bonds is 4. The number of carbonyl (C=O) groups excluding carboxylic acids is 2. The predicted octanol–water partition coefficient (Wildman–Crippen LogP) is 4.83. The normalized spacial score (nSPS) is 23.8. The number of ketones is 1. The lowest BCUT2D eigenvalue weighted by Gasteiger charge is -2.41. The zero-order chi connectivity index (χ0) is 20.6. The Hall–Kier alpha value is -2.36. The van der Waals surface area contributed by atoms with Crippen LogP contribution in [0.15, 0.2) is 47.3 Å². The van der Waals surface area contributed by atoms with Crippen molar-refractivity contribution < 1.29 is 14.3 Å². The summed E-state index contributed by atoms with van der Waals surface area (Å²) in [7, 11) is 0. The molecule has 4 nitrogen and oxygen atoms in total. The van der Waals surface area contributed by atoms with Crippen LogP contribution in [-0.4, -0.2) is 18.4 Å². The number of fused-ring (bicyclic) bond motifs is 1. The van der Waals surface area contributed by atoms with Gasteiger partial charge in [-0.05, 0) is 36.3 Å². The molecule has 1 aliphatic carbocycles. The van der Waals surface area contributed by atoms with Gasteiger partial charge in [0.05, 0.1) is 18.1 Å². The van der Waals surface area contributed by atoms with Crippen molar-refractivity contribution >= 4 is 11.8 Å². The SMILES string of the molecule is CCOC(=O)C1=C(C)NC2=CC(C)(C)CC(=O)C2C1c1ccc(C(C)C)cc1. The number of Topliss-reactive ketones (excluding diaryl/α,β-unsaturated/α-hetero) is 1. The average molecular weight is 382 g/mol. The van der Waals surface area contributed by atoms with Gasteiger partial charge in [0.15, 0.2) is 0 Å². The van der Waals surface area contributed by atoms with Crippen molar-refractivity contribution in [2.24, 2.45) is 11.3 Å². The second kappa shape index (κ2) is 7.57. The Bertz CT molecular complexity index is 843. The monoisotopic (exact) mass is 381 g/mol. The first-order chi connectivity index (χ1) is 13.1. The van der Waals surface area contributed by atoms with E-state index >= 15 is 0 Å². The fourth-order valence-corrected chi connectivity index (χ4v) is 4.39. The van der Waals surface area contributed by atoms with E-state index in [1.54, 1.807) is 6.92 Å². The molecular formula is C24H31NO3. The van der Waals surface area contributed by atoms with Crippen molar-refractivity contribution in [3.63, 3.8) is 0 Å². The van der Waals surface area contributed by atoms with Gasteiger partial charge in [-0.2, -0.15) is 0 Å². The average Bonchev–Trinajstić information content (AvgIpc) is 2.59. The summed E-state index contributed by atoms with van der Waals surface area (Å²) in [4.78, 5) is 26.0. The Morgan fingerprint density at radius 2 is 1.86 bits per heavy atom. The maximum absolute atomic E-state index is 13.2. The van der Waals surface area contributed by atoms with Crippen LogP contribution in [0.25, 0.3) is 0 Å². The van der Waals surface area contributed by atoms with Crippen molar-refractivity contribution in [3.8, 4) is 0 Å². The van der Waals surface area contributed by atoms with Crippen molar-refractivity contribution in [2.45, 2.75) is 59.8 Å². The quantitative estimate of drug-likeness (QED) is 0.759. The molecule has 0 bridgehead atoms. The van der Waals surface area contributed by atoms with Crippen LogP contribution in [0.2, 0.25) is 0 Å². The largest absolute Gasteiger partial charge is 0.463 e. The first kappa shape index (κ1) is 20.4. The molecule has 0 amide bonds. The summed E-state index contributed by atoms with van der Waals surface area (Å²) in [5.41, 5.74) is 4.27. The van der Waals surface area contributed by atoms with Gasteiger partial charge in [0, 0.05) is 23.7 Å². The summed E-state index contributed by atoms with van der Waals surface area (Å²) in [5, 5.41) is 3.34. The van der Waals surface area contributed by atoms with Gasteiger partial charge in [-0.1, -0.05) is 58.0 Å². The van der Waals surface area contributed by atoms with Gasteiger partial charge in [0.25, 0.3) is 0 Å². The number of allylic oxidation sites excluding steroid dienone is 3. The fourth-order valence-electron chi connectivity index (χ4n) is 4.39. The maximum Gasteiger partial charge on any atom is 0.336 e. The zero-order valence-corrected chi connectivity index (χ0v) is 17.8. The van der Waals surface area contributed by atoms with Crippen LogP contribution in [0.4, 0.5) is 0 Å². The standard InChI is InChI=1S/C24H31NO3/c1-7-28-23(27)20-15(4)25-18-12-24(5,6)13-19(26)22(18)21(20)17-10-8-16(9-11-17)14(2)3/h8-12,14,21-22,25H,7,13H2,1-6H3. The van der Waals surface area contributed by atoms with E-state index in [0.717, 1.165) is 17.0 Å². The van der Waals surface area contributed by atoms with E-state index < -0.39 is 0 Å². The van der Waals surface area contributed by atoms with E-state index in [9.17, 15) is 9.59 Å². The molecule has 1 heterocycles. The Kier molecular flexibility index (Phi) is 5.51. The molecule has 0 saturated heterocycles. The molecule has 2 atom stereocenters. The molecule has 28 heavy (non-hydrogen) atoms. The maximum atomic E-state index is 13.2. The minimum atomic E-state index is -0.374. The second-order valence-electron chi connectivity index (χ2n) is 8.89. The van der Waals surface area contributed by atoms with Gasteiger partial charge >= 0.3 is 5.97 Å². The van der Waals surface area contributed by atoms with Crippen LogP contribution < -0.4 is 5.32 Å². The van der Waals surface area contributed by atoms with Crippen molar-refractivity contribution in [2.75, 3.05) is 6.61 Å². The topological polar surface area (TPSA) is 55.4 Å². The van der Waals surface area contributed by atoms with Crippen LogP contribution in [0.5, 0.6) is 0 Å². The predicted molar refractivity (Wildman–Crippen MR) is 111 cm³/mol. The molecule has 0 spiro atoms. The molecule has 1 aromatic rings. The highest BCUT2D eigenvalue weighted by Gasteiger charge is 2.46. The van der Waals surface area contributed by atoms with Crippen LogP contribution in [-0.2, 0) is 14.3 Å². The molecule has 2 unspecified atom stereocenters. The lowest BCUT2D eigenvalue weighted by molar-refractivity contribution is -0.139. The van der Waals surface area contributed by atoms with E-state index in [0.29, 0.717) is 24.5 Å². The molecular weight excluding hydrogens is 350 g/mol. The first-order valence-corrected chi connectivity index (χ1v) is 10.1. The van der Waals surface area contributed by atoms with Crippen molar-refractivity contribution in [1.82, 2.24) is 5.32 Å². The van der Waals surface area contributed by atoms with E-state index in [2.05, 4.69) is 63.4 Å². The fraction of sp³-hybridized carbons (Fsp3) is 0.500. The Balaban J connectivity index is 2.15. The van der Waals surface area contributed by atoms with E-state index in [1.807, 2.05) is 6.92 Å².